The highest BCUT2D eigenvalue weighted by Crippen LogP contribution is 2.53. The van der Waals surface area contributed by atoms with Crippen LogP contribution in [0.25, 0.3) is 0 Å². The van der Waals surface area contributed by atoms with Crippen molar-refractivity contribution in [2.45, 2.75) is 57.0 Å². The fourth-order valence-electron chi connectivity index (χ4n) is 5.33. The molecule has 0 radical (unpaired) electrons. The zero-order valence-corrected chi connectivity index (χ0v) is 12.1. The first-order chi connectivity index (χ1) is 9.74. The van der Waals surface area contributed by atoms with Gasteiger partial charge in [0, 0.05) is 18.6 Å². The van der Waals surface area contributed by atoms with Gasteiger partial charge in [0.05, 0.1) is 6.61 Å². The normalized spacial score (nSPS) is 41.8. The van der Waals surface area contributed by atoms with Gasteiger partial charge in [-0.15, -0.1) is 0 Å². The summed E-state index contributed by atoms with van der Waals surface area (Å²) >= 11 is 0. The van der Waals surface area contributed by atoms with Gasteiger partial charge < -0.3 is 15.3 Å². The average molecular weight is 278 g/mol. The monoisotopic (exact) mass is 278 g/mol. The van der Waals surface area contributed by atoms with Gasteiger partial charge in [-0.2, -0.15) is 0 Å². The van der Waals surface area contributed by atoms with Crippen molar-refractivity contribution in [2.75, 3.05) is 13.2 Å². The Kier molecular flexibility index (Phi) is 3.17. The van der Waals surface area contributed by atoms with Crippen molar-refractivity contribution >= 4 is 6.03 Å². The molecule has 5 saturated carbocycles. The molecule has 0 saturated heterocycles. The van der Waals surface area contributed by atoms with Crippen LogP contribution in [0.15, 0.2) is 0 Å². The van der Waals surface area contributed by atoms with E-state index >= 15 is 0 Å². The first kappa shape index (κ1) is 12.9. The van der Waals surface area contributed by atoms with Crippen molar-refractivity contribution in [3.8, 4) is 0 Å². The Morgan fingerprint density at radius 2 is 1.65 bits per heavy atom. The minimum atomic E-state index is 0.0750. The van der Waals surface area contributed by atoms with Crippen molar-refractivity contribution in [3.63, 3.8) is 0 Å². The van der Waals surface area contributed by atoms with E-state index in [-0.39, 0.29) is 12.6 Å². The Balaban J connectivity index is 1.42. The summed E-state index contributed by atoms with van der Waals surface area (Å²) in [6, 6.07) is 0.883. The van der Waals surface area contributed by atoms with E-state index in [1.165, 1.54) is 32.1 Å². The lowest BCUT2D eigenvalue weighted by Gasteiger charge is -2.54. The molecule has 0 aromatic carbocycles. The van der Waals surface area contributed by atoms with Crippen LogP contribution in [0, 0.1) is 23.7 Å². The molecule has 0 atom stereocenters. The van der Waals surface area contributed by atoms with Crippen LogP contribution in [0.1, 0.15) is 44.9 Å². The molecule has 2 amide bonds. The van der Waals surface area contributed by atoms with Gasteiger partial charge in [-0.1, -0.05) is 0 Å². The van der Waals surface area contributed by atoms with E-state index in [9.17, 15) is 4.79 Å². The van der Waals surface area contributed by atoms with Crippen LogP contribution in [0.3, 0.4) is 0 Å². The predicted octanol–water partition coefficient (Wildman–Crippen LogP) is 1.98. The molecular weight excluding hydrogens is 252 g/mol. The van der Waals surface area contributed by atoms with Crippen molar-refractivity contribution in [3.05, 3.63) is 0 Å². The third-order valence-electron chi connectivity index (χ3n) is 6.11. The summed E-state index contributed by atoms with van der Waals surface area (Å²) in [6.07, 6.45) is 9.00. The Morgan fingerprint density at radius 3 is 2.15 bits per heavy atom. The molecule has 0 unspecified atom stereocenters. The fourth-order valence-corrected chi connectivity index (χ4v) is 5.33. The van der Waals surface area contributed by atoms with Crippen LogP contribution in [-0.2, 0) is 0 Å². The Bertz CT molecular complexity index is 366. The first-order valence-electron chi connectivity index (χ1n) is 8.42. The maximum absolute atomic E-state index is 12.5. The number of nitrogens with one attached hydrogen (secondary N) is 1. The van der Waals surface area contributed by atoms with Gasteiger partial charge in [-0.05, 0) is 68.6 Å². The number of carbonyl (C=O) groups excluding carboxylic acids is 1. The number of aliphatic hydroxyl groups excluding tert-OH is 1. The van der Waals surface area contributed by atoms with Crippen molar-refractivity contribution < 1.29 is 9.90 Å². The minimum absolute atomic E-state index is 0.0750. The molecular formula is C16H26N2O2. The average Bonchev–Trinajstić information content (AvgIpc) is 3.23. The van der Waals surface area contributed by atoms with Gasteiger partial charge in [0.15, 0.2) is 0 Å². The number of nitrogens with zero attached hydrogens (tertiary/aromatic N) is 1. The van der Waals surface area contributed by atoms with Gasteiger partial charge >= 0.3 is 6.03 Å². The SMILES string of the molecule is O=C(NC1C2CC3CC(C2)CC1C3)N(CCO)C1CC1. The number of hydrogen-bond donors (Lipinski definition) is 2. The highest BCUT2D eigenvalue weighted by atomic mass is 16.3. The van der Waals surface area contributed by atoms with Gasteiger partial charge in [0.2, 0.25) is 0 Å². The Labute approximate surface area is 120 Å². The summed E-state index contributed by atoms with van der Waals surface area (Å²) in [5, 5.41) is 12.5. The maximum atomic E-state index is 12.5. The lowest BCUT2D eigenvalue weighted by atomic mass is 9.54. The molecule has 0 spiro atoms. The number of aliphatic hydroxyl groups is 1. The van der Waals surface area contributed by atoms with Crippen LogP contribution in [0.2, 0.25) is 0 Å². The molecule has 20 heavy (non-hydrogen) atoms. The number of urea groups is 1. The third-order valence-corrected chi connectivity index (χ3v) is 6.11. The molecule has 0 aliphatic heterocycles. The summed E-state index contributed by atoms with van der Waals surface area (Å²) in [6.45, 7) is 0.565. The third kappa shape index (κ3) is 2.22. The Hall–Kier alpha value is -0.770. The van der Waals surface area contributed by atoms with E-state index in [0.717, 1.165) is 36.5 Å². The second-order valence-corrected chi connectivity index (χ2v) is 7.55. The van der Waals surface area contributed by atoms with Crippen LogP contribution < -0.4 is 5.32 Å². The topological polar surface area (TPSA) is 52.6 Å². The highest BCUT2D eigenvalue weighted by molar-refractivity contribution is 5.75. The first-order valence-corrected chi connectivity index (χ1v) is 8.42. The molecule has 2 N–H and O–H groups in total. The molecule has 5 fully saturated rings. The number of carbonyl (C=O) groups is 1. The van der Waals surface area contributed by atoms with Crippen LogP contribution >= 0.6 is 0 Å². The van der Waals surface area contributed by atoms with Gasteiger partial charge in [0.25, 0.3) is 0 Å². The van der Waals surface area contributed by atoms with Crippen molar-refractivity contribution in [1.82, 2.24) is 10.2 Å². The molecule has 4 bridgehead atoms. The van der Waals surface area contributed by atoms with Crippen molar-refractivity contribution in [1.29, 1.82) is 0 Å². The minimum Gasteiger partial charge on any atom is -0.395 e. The fraction of sp³-hybridized carbons (Fsp3) is 0.938. The van der Waals surface area contributed by atoms with Crippen LogP contribution in [-0.4, -0.2) is 41.3 Å². The van der Waals surface area contributed by atoms with Gasteiger partial charge in [-0.25, -0.2) is 4.79 Å². The molecule has 4 heteroatoms. The van der Waals surface area contributed by atoms with Gasteiger partial charge in [0.1, 0.15) is 0 Å². The number of amides is 2. The molecule has 0 aromatic rings. The van der Waals surface area contributed by atoms with Crippen molar-refractivity contribution in [2.24, 2.45) is 23.7 Å². The Morgan fingerprint density at radius 1 is 1.05 bits per heavy atom. The highest BCUT2D eigenvalue weighted by Gasteiger charge is 2.49. The smallest absolute Gasteiger partial charge is 0.317 e. The molecule has 112 valence electrons. The zero-order chi connectivity index (χ0) is 13.7. The largest absolute Gasteiger partial charge is 0.395 e. The van der Waals surface area contributed by atoms with E-state index in [0.29, 0.717) is 18.6 Å². The second kappa shape index (κ2) is 4.90. The summed E-state index contributed by atoms with van der Waals surface area (Å²) < 4.78 is 0. The molecule has 4 nitrogen and oxygen atoms in total. The maximum Gasteiger partial charge on any atom is 0.317 e. The number of rotatable bonds is 4. The summed E-state index contributed by atoms with van der Waals surface area (Å²) in [5.74, 6) is 3.35. The molecule has 0 aromatic heterocycles. The van der Waals surface area contributed by atoms with Crippen LogP contribution in [0.4, 0.5) is 4.79 Å². The lowest BCUT2D eigenvalue weighted by Crippen LogP contribution is -2.58. The van der Waals surface area contributed by atoms with E-state index < -0.39 is 0 Å². The zero-order valence-electron chi connectivity index (χ0n) is 12.1. The van der Waals surface area contributed by atoms with E-state index in [1.54, 1.807) is 0 Å². The molecule has 0 heterocycles. The molecule has 5 aliphatic carbocycles. The second-order valence-electron chi connectivity index (χ2n) is 7.55. The standard InChI is InChI=1S/C16H26N2O2/c19-4-3-18(14-1-2-14)16(20)17-15-12-6-10-5-11(8-12)9-13(15)7-10/h10-15,19H,1-9H2,(H,17,20). The molecule has 5 rings (SSSR count). The van der Waals surface area contributed by atoms with Crippen LogP contribution in [0.5, 0.6) is 0 Å². The summed E-state index contributed by atoms with van der Waals surface area (Å²) in [4.78, 5) is 14.4. The lowest BCUT2D eigenvalue weighted by molar-refractivity contribution is -0.0113. The predicted molar refractivity (Wildman–Crippen MR) is 76.2 cm³/mol. The summed E-state index contributed by atoms with van der Waals surface area (Å²) in [7, 11) is 0. The van der Waals surface area contributed by atoms with Gasteiger partial charge in [-0.3, -0.25) is 0 Å². The van der Waals surface area contributed by atoms with E-state index in [4.69, 9.17) is 5.11 Å². The quantitative estimate of drug-likeness (QED) is 0.826. The number of hydrogen-bond acceptors (Lipinski definition) is 2. The van der Waals surface area contributed by atoms with E-state index in [2.05, 4.69) is 5.32 Å². The van der Waals surface area contributed by atoms with E-state index in [1.807, 2.05) is 4.90 Å². The molecule has 5 aliphatic rings. The summed E-state index contributed by atoms with van der Waals surface area (Å²) in [5.41, 5.74) is 0.